The highest BCUT2D eigenvalue weighted by molar-refractivity contribution is 5.92. The van der Waals surface area contributed by atoms with Gasteiger partial charge in [-0.1, -0.05) is 63.2 Å². The van der Waals surface area contributed by atoms with Crippen molar-refractivity contribution in [3.05, 3.63) is 65.2 Å². The third-order valence-corrected chi connectivity index (χ3v) is 4.98. The second-order valence-electron chi connectivity index (χ2n) is 7.87. The summed E-state index contributed by atoms with van der Waals surface area (Å²) in [5, 5.41) is 5.90. The van der Waals surface area contributed by atoms with E-state index < -0.39 is 0 Å². The number of aryl methyl sites for hydroxylation is 1. The van der Waals surface area contributed by atoms with Crippen LogP contribution in [-0.2, 0) is 22.4 Å². The van der Waals surface area contributed by atoms with E-state index in [1.54, 1.807) is 0 Å². The SMILES string of the molecule is CCc1ccccc1NC(=O)C[NH+](C)CC(=O)NCCc1ccc(C(C)C)cc1. The number of carbonyl (C=O) groups excluding carboxylic acids is 2. The van der Waals surface area contributed by atoms with Crippen molar-refractivity contribution in [1.82, 2.24) is 5.32 Å². The van der Waals surface area contributed by atoms with Crippen molar-refractivity contribution in [3.63, 3.8) is 0 Å². The lowest BCUT2D eigenvalue weighted by molar-refractivity contribution is -0.862. The summed E-state index contributed by atoms with van der Waals surface area (Å²) >= 11 is 0. The highest BCUT2D eigenvalue weighted by atomic mass is 16.2. The van der Waals surface area contributed by atoms with Crippen molar-refractivity contribution in [3.8, 4) is 0 Å². The fraction of sp³-hybridized carbons (Fsp3) is 0.417. The molecule has 29 heavy (non-hydrogen) atoms. The van der Waals surface area contributed by atoms with Gasteiger partial charge in [0.25, 0.3) is 11.8 Å². The largest absolute Gasteiger partial charge is 0.351 e. The van der Waals surface area contributed by atoms with Gasteiger partial charge in [0.15, 0.2) is 13.1 Å². The van der Waals surface area contributed by atoms with E-state index in [0.717, 1.165) is 29.0 Å². The fourth-order valence-electron chi connectivity index (χ4n) is 3.23. The zero-order valence-corrected chi connectivity index (χ0v) is 18.0. The van der Waals surface area contributed by atoms with Crippen molar-refractivity contribution >= 4 is 17.5 Å². The summed E-state index contributed by atoms with van der Waals surface area (Å²) < 4.78 is 0. The number of anilines is 1. The molecule has 0 saturated carbocycles. The molecule has 0 heterocycles. The van der Waals surface area contributed by atoms with Crippen molar-refractivity contribution in [1.29, 1.82) is 0 Å². The minimum Gasteiger partial charge on any atom is -0.351 e. The van der Waals surface area contributed by atoms with Crippen LogP contribution in [0.3, 0.4) is 0 Å². The first-order valence-electron chi connectivity index (χ1n) is 10.4. The van der Waals surface area contributed by atoms with E-state index in [0.29, 0.717) is 12.5 Å². The predicted molar refractivity (Wildman–Crippen MR) is 118 cm³/mol. The van der Waals surface area contributed by atoms with E-state index in [1.165, 1.54) is 11.1 Å². The Kier molecular flexibility index (Phi) is 8.87. The molecule has 2 amide bonds. The zero-order chi connectivity index (χ0) is 21.2. The van der Waals surface area contributed by atoms with Gasteiger partial charge in [-0.25, -0.2) is 0 Å². The molecule has 0 aromatic heterocycles. The van der Waals surface area contributed by atoms with E-state index in [4.69, 9.17) is 0 Å². The third kappa shape index (κ3) is 7.70. The van der Waals surface area contributed by atoms with Gasteiger partial charge in [0.1, 0.15) is 0 Å². The van der Waals surface area contributed by atoms with Crippen LogP contribution in [0.2, 0.25) is 0 Å². The van der Waals surface area contributed by atoms with Crippen molar-refractivity contribution in [2.24, 2.45) is 0 Å². The minimum absolute atomic E-state index is 0.0388. The summed E-state index contributed by atoms with van der Waals surface area (Å²) in [7, 11) is 1.86. The van der Waals surface area contributed by atoms with Gasteiger partial charge in [0.05, 0.1) is 7.05 Å². The summed E-state index contributed by atoms with van der Waals surface area (Å²) in [5.41, 5.74) is 4.49. The molecule has 0 aliphatic rings. The number of amides is 2. The van der Waals surface area contributed by atoms with E-state index in [2.05, 4.69) is 55.7 Å². The molecule has 156 valence electrons. The number of likely N-dealkylation sites (N-methyl/N-ethyl adjacent to an activating group) is 1. The Morgan fingerprint density at radius 3 is 2.28 bits per heavy atom. The smallest absolute Gasteiger partial charge is 0.279 e. The third-order valence-electron chi connectivity index (χ3n) is 4.98. The van der Waals surface area contributed by atoms with Crippen LogP contribution >= 0.6 is 0 Å². The Morgan fingerprint density at radius 2 is 1.62 bits per heavy atom. The molecular weight excluding hydrogens is 362 g/mol. The molecule has 0 aliphatic carbocycles. The molecule has 2 rings (SSSR count). The number of carbonyl (C=O) groups is 2. The predicted octanol–water partition coefficient (Wildman–Crippen LogP) is 2.18. The van der Waals surface area contributed by atoms with Crippen molar-refractivity contribution < 1.29 is 14.5 Å². The Labute approximate surface area is 174 Å². The van der Waals surface area contributed by atoms with Crippen molar-refractivity contribution in [2.45, 2.75) is 39.5 Å². The lowest BCUT2D eigenvalue weighted by atomic mass is 10.0. The standard InChI is InChI=1S/C24H33N3O2/c1-5-20-8-6-7-9-22(20)26-24(29)17-27(4)16-23(28)25-15-14-19-10-12-21(13-11-19)18(2)3/h6-13,18H,5,14-17H2,1-4H3,(H,25,28)(H,26,29)/p+1. The van der Waals surface area contributed by atoms with Crippen LogP contribution in [0, 0.1) is 0 Å². The number of rotatable bonds is 10. The zero-order valence-electron chi connectivity index (χ0n) is 18.0. The van der Waals surface area contributed by atoms with Gasteiger partial charge in [-0.3, -0.25) is 9.59 Å². The van der Waals surface area contributed by atoms with Crippen molar-refractivity contribution in [2.75, 3.05) is 32.0 Å². The first-order valence-corrected chi connectivity index (χ1v) is 10.4. The summed E-state index contributed by atoms with van der Waals surface area (Å²) in [5.74, 6) is 0.402. The second-order valence-corrected chi connectivity index (χ2v) is 7.87. The molecular formula is C24H34N3O2+. The number of benzene rings is 2. The van der Waals surface area contributed by atoms with Gasteiger partial charge in [0.2, 0.25) is 0 Å². The number of quaternary nitrogens is 1. The Balaban J connectivity index is 1.70. The molecule has 3 N–H and O–H groups in total. The van der Waals surface area contributed by atoms with Crippen LogP contribution in [0.1, 0.15) is 43.4 Å². The number of para-hydroxylation sites is 1. The Hall–Kier alpha value is -2.66. The molecule has 0 saturated heterocycles. The molecule has 1 unspecified atom stereocenters. The molecule has 0 radical (unpaired) electrons. The molecule has 5 nitrogen and oxygen atoms in total. The maximum atomic E-state index is 12.3. The summed E-state index contributed by atoms with van der Waals surface area (Å²) in [6.07, 6.45) is 1.67. The van der Waals surface area contributed by atoms with Crippen LogP contribution in [0.4, 0.5) is 5.69 Å². The van der Waals surface area contributed by atoms with Crippen LogP contribution in [-0.4, -0.2) is 38.5 Å². The van der Waals surface area contributed by atoms with E-state index in [1.807, 2.05) is 31.3 Å². The quantitative estimate of drug-likeness (QED) is 0.576. The maximum absolute atomic E-state index is 12.3. The molecule has 1 atom stereocenters. The molecule has 0 fully saturated rings. The number of nitrogens with one attached hydrogen (secondary N) is 3. The van der Waals surface area contributed by atoms with Gasteiger partial charge < -0.3 is 15.5 Å². The number of hydrogen-bond donors (Lipinski definition) is 3. The molecule has 2 aromatic carbocycles. The monoisotopic (exact) mass is 396 g/mol. The molecule has 0 bridgehead atoms. The average Bonchev–Trinajstić information content (AvgIpc) is 2.68. The van der Waals surface area contributed by atoms with Gasteiger partial charge in [-0.2, -0.15) is 0 Å². The van der Waals surface area contributed by atoms with E-state index >= 15 is 0 Å². The summed E-state index contributed by atoms with van der Waals surface area (Å²) in [6.45, 7) is 7.54. The van der Waals surface area contributed by atoms with E-state index in [9.17, 15) is 9.59 Å². The van der Waals surface area contributed by atoms with Crippen LogP contribution < -0.4 is 15.5 Å². The van der Waals surface area contributed by atoms with Crippen LogP contribution in [0.25, 0.3) is 0 Å². The summed E-state index contributed by atoms with van der Waals surface area (Å²) in [4.78, 5) is 25.3. The molecule has 5 heteroatoms. The normalized spacial score (nSPS) is 11.9. The fourth-order valence-corrected chi connectivity index (χ4v) is 3.23. The van der Waals surface area contributed by atoms with Gasteiger partial charge in [-0.05, 0) is 41.5 Å². The van der Waals surface area contributed by atoms with Gasteiger partial charge in [-0.15, -0.1) is 0 Å². The van der Waals surface area contributed by atoms with Gasteiger partial charge in [0, 0.05) is 12.2 Å². The first-order chi connectivity index (χ1) is 13.9. The van der Waals surface area contributed by atoms with E-state index in [-0.39, 0.29) is 24.9 Å². The van der Waals surface area contributed by atoms with Crippen LogP contribution in [0.15, 0.2) is 48.5 Å². The average molecular weight is 397 g/mol. The van der Waals surface area contributed by atoms with Gasteiger partial charge >= 0.3 is 0 Å². The second kappa shape index (κ2) is 11.4. The highest BCUT2D eigenvalue weighted by Gasteiger charge is 2.15. The molecule has 0 spiro atoms. The Bertz CT molecular complexity index is 800. The molecule has 2 aromatic rings. The topological polar surface area (TPSA) is 62.6 Å². The molecule has 0 aliphatic heterocycles. The lowest BCUT2D eigenvalue weighted by Crippen LogP contribution is -3.11. The maximum Gasteiger partial charge on any atom is 0.279 e. The number of hydrogen-bond acceptors (Lipinski definition) is 2. The Morgan fingerprint density at radius 1 is 0.966 bits per heavy atom. The lowest BCUT2D eigenvalue weighted by Gasteiger charge is -2.15. The first kappa shape index (κ1) is 22.6. The van der Waals surface area contributed by atoms with Crippen LogP contribution in [0.5, 0.6) is 0 Å². The highest BCUT2D eigenvalue weighted by Crippen LogP contribution is 2.15. The minimum atomic E-state index is -0.0820. The summed E-state index contributed by atoms with van der Waals surface area (Å²) in [6, 6.07) is 16.3.